The molecular weight excluding hydrogens is 344 g/mol. The second-order valence-corrected chi connectivity index (χ2v) is 6.93. The van der Waals surface area contributed by atoms with Crippen LogP contribution in [-0.4, -0.2) is 16.7 Å². The highest BCUT2D eigenvalue weighted by Gasteiger charge is 2.08. The van der Waals surface area contributed by atoms with E-state index in [1.165, 1.54) is 0 Å². The van der Waals surface area contributed by atoms with Crippen LogP contribution in [0.2, 0.25) is 0 Å². The maximum Gasteiger partial charge on any atom is 0.220 e. The normalized spacial score (nSPS) is 10.5. The second kappa shape index (κ2) is 9.06. The Kier molecular flexibility index (Phi) is 6.28. The number of hydrogen-bond donors (Lipinski definition) is 1. The van der Waals surface area contributed by atoms with Gasteiger partial charge in [-0.1, -0.05) is 36.4 Å². The molecule has 0 unspecified atom stereocenters. The summed E-state index contributed by atoms with van der Waals surface area (Å²) in [6.07, 6.45) is 4.86. The van der Waals surface area contributed by atoms with Crippen molar-refractivity contribution in [3.63, 3.8) is 0 Å². The number of amides is 1. The van der Waals surface area contributed by atoms with Gasteiger partial charge in [-0.05, 0) is 29.5 Å². The number of hydrogen-bond acceptors (Lipinski definition) is 4. The molecule has 0 saturated heterocycles. The molecule has 0 aliphatic carbocycles. The second-order valence-electron chi connectivity index (χ2n) is 5.98. The van der Waals surface area contributed by atoms with E-state index in [4.69, 9.17) is 0 Å². The molecule has 0 bridgehead atoms. The fourth-order valence-corrected chi connectivity index (χ4v) is 3.34. The Labute approximate surface area is 156 Å². The summed E-state index contributed by atoms with van der Waals surface area (Å²) >= 11 is 1.66. The monoisotopic (exact) mass is 364 g/mol. The lowest BCUT2D eigenvalue weighted by Crippen LogP contribution is -2.22. The molecule has 3 aromatic rings. The van der Waals surface area contributed by atoms with E-state index in [-0.39, 0.29) is 11.7 Å². The van der Waals surface area contributed by atoms with Gasteiger partial charge in [-0.15, -0.1) is 11.3 Å². The lowest BCUT2D eigenvalue weighted by Gasteiger charge is -2.06. The number of nitrogens with one attached hydrogen (secondary N) is 1. The van der Waals surface area contributed by atoms with Crippen LogP contribution in [0.4, 0.5) is 0 Å². The van der Waals surface area contributed by atoms with Crippen molar-refractivity contribution < 1.29 is 9.59 Å². The summed E-state index contributed by atoms with van der Waals surface area (Å²) in [6.45, 7) is 0.442. The Morgan fingerprint density at radius 3 is 2.62 bits per heavy atom. The van der Waals surface area contributed by atoms with E-state index in [0.717, 1.165) is 16.0 Å². The number of thiophene rings is 1. The van der Waals surface area contributed by atoms with Crippen LogP contribution in [0.1, 0.15) is 35.2 Å². The van der Waals surface area contributed by atoms with Gasteiger partial charge >= 0.3 is 0 Å². The Bertz CT molecular complexity index is 861. The predicted octanol–water partition coefficient (Wildman–Crippen LogP) is 4.48. The number of pyridine rings is 1. The quantitative estimate of drug-likeness (QED) is 0.600. The molecule has 5 heteroatoms. The van der Waals surface area contributed by atoms with Crippen LogP contribution < -0.4 is 5.32 Å². The number of carbonyl (C=O) groups excluding carboxylic acids is 2. The molecule has 0 spiro atoms. The van der Waals surface area contributed by atoms with Gasteiger partial charge in [0.05, 0.1) is 0 Å². The molecule has 2 heterocycles. The van der Waals surface area contributed by atoms with Crippen LogP contribution in [0.15, 0.2) is 66.3 Å². The van der Waals surface area contributed by atoms with E-state index in [0.29, 0.717) is 31.4 Å². The van der Waals surface area contributed by atoms with Gasteiger partial charge in [0, 0.05) is 47.8 Å². The van der Waals surface area contributed by atoms with Gasteiger partial charge < -0.3 is 5.32 Å². The van der Waals surface area contributed by atoms with Crippen molar-refractivity contribution in [1.29, 1.82) is 0 Å². The average Bonchev–Trinajstić information content (AvgIpc) is 3.22. The van der Waals surface area contributed by atoms with Crippen LogP contribution in [0, 0.1) is 0 Å². The topological polar surface area (TPSA) is 59.1 Å². The van der Waals surface area contributed by atoms with Gasteiger partial charge in [0.2, 0.25) is 5.91 Å². The molecule has 132 valence electrons. The Hall–Kier alpha value is -2.79. The van der Waals surface area contributed by atoms with Crippen molar-refractivity contribution in [3.05, 3.63) is 77.4 Å². The van der Waals surface area contributed by atoms with E-state index in [9.17, 15) is 9.59 Å². The first-order valence-electron chi connectivity index (χ1n) is 8.55. The van der Waals surface area contributed by atoms with Crippen molar-refractivity contribution in [3.8, 4) is 10.4 Å². The van der Waals surface area contributed by atoms with Gasteiger partial charge in [-0.25, -0.2) is 0 Å². The summed E-state index contributed by atoms with van der Waals surface area (Å²) in [5, 5.41) is 4.93. The van der Waals surface area contributed by atoms with Gasteiger partial charge in [-0.2, -0.15) is 0 Å². The highest BCUT2D eigenvalue weighted by molar-refractivity contribution is 7.13. The maximum atomic E-state index is 12.0. The fourth-order valence-electron chi connectivity index (χ4n) is 2.63. The summed E-state index contributed by atoms with van der Waals surface area (Å²) in [5.41, 5.74) is 2.72. The van der Waals surface area contributed by atoms with Crippen molar-refractivity contribution in [2.45, 2.75) is 25.8 Å². The smallest absolute Gasteiger partial charge is 0.220 e. The van der Waals surface area contributed by atoms with Gasteiger partial charge in [0.1, 0.15) is 0 Å². The Morgan fingerprint density at radius 1 is 1.00 bits per heavy atom. The molecule has 0 saturated carbocycles. The summed E-state index contributed by atoms with van der Waals surface area (Å²) in [4.78, 5) is 29.4. The minimum atomic E-state index is -0.0487. The minimum Gasteiger partial charge on any atom is -0.352 e. The Balaban J connectivity index is 1.43. The molecule has 3 rings (SSSR count). The van der Waals surface area contributed by atoms with Crippen LogP contribution in [-0.2, 0) is 11.3 Å². The fraction of sp³-hybridized carbons (Fsp3) is 0.190. The third-order valence-corrected chi connectivity index (χ3v) is 4.91. The van der Waals surface area contributed by atoms with Gasteiger partial charge in [0.15, 0.2) is 5.78 Å². The number of nitrogens with zero attached hydrogens (tertiary/aromatic N) is 1. The first-order chi connectivity index (χ1) is 12.7. The number of ketones is 1. The summed E-state index contributed by atoms with van der Waals surface area (Å²) in [7, 11) is 0. The number of carbonyl (C=O) groups is 2. The lowest BCUT2D eigenvalue weighted by atomic mass is 10.1. The molecule has 1 N–H and O–H groups in total. The standard InChI is InChI=1S/C21H20N2O2S/c24-19(17-6-2-1-3-7-17)8-4-10-21(25)23-14-16-12-18(15-22-13-16)20-9-5-11-26-20/h1-3,5-7,9,11-13,15H,4,8,10,14H2,(H,23,25). The van der Waals surface area contributed by atoms with Crippen LogP contribution >= 0.6 is 11.3 Å². The number of Topliss-reactive ketones (excluding diaryl/α,β-unsaturated/α-hetero) is 1. The van der Waals surface area contributed by atoms with E-state index in [1.54, 1.807) is 29.7 Å². The molecule has 0 radical (unpaired) electrons. The molecule has 0 aliphatic heterocycles. The third kappa shape index (κ3) is 5.10. The van der Waals surface area contributed by atoms with E-state index >= 15 is 0 Å². The van der Waals surface area contributed by atoms with Crippen molar-refractivity contribution in [2.24, 2.45) is 0 Å². The first kappa shape index (κ1) is 18.0. The molecule has 1 aromatic carbocycles. The molecule has 4 nitrogen and oxygen atoms in total. The predicted molar refractivity (Wildman–Crippen MR) is 104 cm³/mol. The largest absolute Gasteiger partial charge is 0.352 e. The van der Waals surface area contributed by atoms with Crippen LogP contribution in [0.25, 0.3) is 10.4 Å². The SMILES string of the molecule is O=C(CCCC(=O)c1ccccc1)NCc1cncc(-c2cccs2)c1. The number of aromatic nitrogens is 1. The molecule has 0 fully saturated rings. The molecule has 2 aromatic heterocycles. The summed E-state index contributed by atoms with van der Waals surface area (Å²) in [6, 6.07) is 15.3. The molecule has 0 aliphatic rings. The van der Waals surface area contributed by atoms with Gasteiger partial charge in [0.25, 0.3) is 0 Å². The number of benzene rings is 1. The van der Waals surface area contributed by atoms with E-state index in [1.807, 2.05) is 48.0 Å². The molecule has 26 heavy (non-hydrogen) atoms. The lowest BCUT2D eigenvalue weighted by molar-refractivity contribution is -0.121. The average molecular weight is 364 g/mol. The highest BCUT2D eigenvalue weighted by Crippen LogP contribution is 2.24. The first-order valence-corrected chi connectivity index (χ1v) is 9.43. The highest BCUT2D eigenvalue weighted by atomic mass is 32.1. The van der Waals surface area contributed by atoms with Gasteiger partial charge in [-0.3, -0.25) is 14.6 Å². The summed E-state index contributed by atoms with van der Waals surface area (Å²) in [5.74, 6) is 0.0265. The van der Waals surface area contributed by atoms with E-state index < -0.39 is 0 Å². The maximum absolute atomic E-state index is 12.0. The Morgan fingerprint density at radius 2 is 1.85 bits per heavy atom. The van der Waals surface area contributed by atoms with Crippen LogP contribution in [0.3, 0.4) is 0 Å². The van der Waals surface area contributed by atoms with Crippen molar-refractivity contribution >= 4 is 23.0 Å². The zero-order valence-corrected chi connectivity index (χ0v) is 15.2. The van der Waals surface area contributed by atoms with E-state index in [2.05, 4.69) is 10.3 Å². The summed E-state index contributed by atoms with van der Waals surface area (Å²) < 4.78 is 0. The number of rotatable bonds is 8. The third-order valence-electron chi connectivity index (χ3n) is 3.99. The minimum absolute atomic E-state index is 0.0487. The molecular formula is C21H20N2O2S. The van der Waals surface area contributed by atoms with Crippen molar-refractivity contribution in [2.75, 3.05) is 0 Å². The molecule has 1 amide bonds. The zero-order chi connectivity index (χ0) is 18.2. The van der Waals surface area contributed by atoms with Crippen LogP contribution in [0.5, 0.6) is 0 Å². The zero-order valence-electron chi connectivity index (χ0n) is 14.4. The molecule has 0 atom stereocenters. The van der Waals surface area contributed by atoms with Crippen molar-refractivity contribution in [1.82, 2.24) is 10.3 Å².